The second-order valence-corrected chi connectivity index (χ2v) is 9.75. The van der Waals surface area contributed by atoms with Gasteiger partial charge in [-0.1, -0.05) is 42.5 Å². The number of nitrogens with one attached hydrogen (secondary N) is 1. The fourth-order valence-electron chi connectivity index (χ4n) is 4.24. The molecule has 6 nitrogen and oxygen atoms in total. The van der Waals surface area contributed by atoms with E-state index in [9.17, 15) is 18.0 Å². The standard InChI is InChI=1S/C24H24N2O4S/c1-16-14-17(2)26(24(28)23(16)31(29,30)19-9-4-3-5-10-19)15-22(27)25-21-13-12-18-8-6-7-11-20(18)21/h3-11,14,21H,12-13,15H2,1-2H3,(H,25,27)/t21-/m0/s1. The molecule has 0 saturated heterocycles. The van der Waals surface area contributed by atoms with Crippen LogP contribution in [0.3, 0.4) is 0 Å². The van der Waals surface area contributed by atoms with Gasteiger partial charge in [-0.15, -0.1) is 0 Å². The van der Waals surface area contributed by atoms with E-state index in [2.05, 4.69) is 11.4 Å². The molecule has 1 N–H and O–H groups in total. The van der Waals surface area contributed by atoms with Crippen LogP contribution in [0.25, 0.3) is 0 Å². The zero-order valence-corrected chi connectivity index (χ0v) is 18.3. The lowest BCUT2D eigenvalue weighted by molar-refractivity contribution is -0.122. The Morgan fingerprint density at radius 3 is 2.48 bits per heavy atom. The third-order valence-electron chi connectivity index (χ3n) is 5.74. The van der Waals surface area contributed by atoms with Crippen LogP contribution < -0.4 is 10.9 Å². The van der Waals surface area contributed by atoms with Crippen LogP contribution in [0.1, 0.15) is 34.8 Å². The summed E-state index contributed by atoms with van der Waals surface area (Å²) in [4.78, 5) is 25.7. The lowest BCUT2D eigenvalue weighted by Gasteiger charge is -2.17. The Labute approximate surface area is 181 Å². The Bertz CT molecular complexity index is 1310. The van der Waals surface area contributed by atoms with Crippen molar-refractivity contribution in [1.29, 1.82) is 0 Å². The summed E-state index contributed by atoms with van der Waals surface area (Å²) in [5, 5.41) is 2.99. The van der Waals surface area contributed by atoms with E-state index in [1.54, 1.807) is 38.1 Å². The van der Waals surface area contributed by atoms with Crippen molar-refractivity contribution in [2.75, 3.05) is 0 Å². The van der Waals surface area contributed by atoms with Crippen molar-refractivity contribution < 1.29 is 13.2 Å². The number of aromatic nitrogens is 1. The van der Waals surface area contributed by atoms with Crippen LogP contribution in [-0.2, 0) is 27.6 Å². The lowest BCUT2D eigenvalue weighted by atomic mass is 10.1. The van der Waals surface area contributed by atoms with Crippen LogP contribution in [0.5, 0.6) is 0 Å². The molecule has 1 amide bonds. The molecule has 1 aliphatic carbocycles. The van der Waals surface area contributed by atoms with E-state index in [1.807, 2.05) is 18.2 Å². The van der Waals surface area contributed by atoms with Gasteiger partial charge in [0.05, 0.1) is 10.9 Å². The molecule has 0 aliphatic heterocycles. The minimum absolute atomic E-state index is 0.0533. The molecular weight excluding hydrogens is 412 g/mol. The number of carbonyl (C=O) groups excluding carboxylic acids is 1. The van der Waals surface area contributed by atoms with Crippen molar-refractivity contribution in [2.45, 2.75) is 49.1 Å². The Hall–Kier alpha value is -3.19. The average Bonchev–Trinajstić information content (AvgIpc) is 3.14. The molecule has 0 radical (unpaired) electrons. The molecule has 0 unspecified atom stereocenters. The van der Waals surface area contributed by atoms with Crippen molar-refractivity contribution in [2.24, 2.45) is 0 Å². The van der Waals surface area contributed by atoms with Crippen LogP contribution in [0.2, 0.25) is 0 Å². The molecule has 2 aromatic carbocycles. The number of sulfone groups is 1. The van der Waals surface area contributed by atoms with Crippen molar-refractivity contribution in [3.63, 3.8) is 0 Å². The summed E-state index contributed by atoms with van der Waals surface area (Å²) in [5.41, 5.74) is 2.54. The number of amides is 1. The topological polar surface area (TPSA) is 85.2 Å². The number of benzene rings is 2. The first-order chi connectivity index (χ1) is 14.8. The predicted molar refractivity (Wildman–Crippen MR) is 118 cm³/mol. The summed E-state index contributed by atoms with van der Waals surface area (Å²) in [5.74, 6) is -0.321. The summed E-state index contributed by atoms with van der Waals surface area (Å²) >= 11 is 0. The minimum Gasteiger partial charge on any atom is -0.348 e. The normalized spacial score (nSPS) is 15.5. The number of hydrogen-bond acceptors (Lipinski definition) is 4. The number of fused-ring (bicyclic) bond motifs is 1. The van der Waals surface area contributed by atoms with E-state index in [-0.39, 0.29) is 28.3 Å². The molecular formula is C24H24N2O4S. The molecule has 0 fully saturated rings. The highest BCUT2D eigenvalue weighted by molar-refractivity contribution is 7.91. The van der Waals surface area contributed by atoms with Crippen molar-refractivity contribution in [1.82, 2.24) is 9.88 Å². The summed E-state index contributed by atoms with van der Waals surface area (Å²) in [6.07, 6.45) is 1.70. The number of rotatable bonds is 5. The minimum atomic E-state index is -4.00. The van der Waals surface area contributed by atoms with Gasteiger partial charge in [-0.2, -0.15) is 0 Å². The van der Waals surface area contributed by atoms with Gasteiger partial charge in [0, 0.05) is 5.69 Å². The van der Waals surface area contributed by atoms with E-state index < -0.39 is 15.4 Å². The van der Waals surface area contributed by atoms with Crippen molar-refractivity contribution >= 4 is 15.7 Å². The number of pyridine rings is 1. The third-order valence-corrected chi connectivity index (χ3v) is 7.67. The molecule has 7 heteroatoms. The van der Waals surface area contributed by atoms with Gasteiger partial charge in [0.2, 0.25) is 15.7 Å². The fraction of sp³-hybridized carbons (Fsp3) is 0.250. The van der Waals surface area contributed by atoms with E-state index in [0.717, 1.165) is 18.4 Å². The zero-order chi connectivity index (χ0) is 22.2. The van der Waals surface area contributed by atoms with Gasteiger partial charge < -0.3 is 9.88 Å². The van der Waals surface area contributed by atoms with Crippen LogP contribution in [0.4, 0.5) is 0 Å². The molecule has 4 rings (SSSR count). The Morgan fingerprint density at radius 1 is 1.06 bits per heavy atom. The Kier molecular flexibility index (Phi) is 5.54. The van der Waals surface area contributed by atoms with Crippen LogP contribution in [-0.4, -0.2) is 18.9 Å². The highest BCUT2D eigenvalue weighted by Gasteiger charge is 2.27. The summed E-state index contributed by atoms with van der Waals surface area (Å²) in [7, 11) is -4.00. The molecule has 0 saturated carbocycles. The summed E-state index contributed by atoms with van der Waals surface area (Å²) < 4.78 is 27.5. The fourth-order valence-corrected chi connectivity index (χ4v) is 5.81. The van der Waals surface area contributed by atoms with Gasteiger partial charge in [0.25, 0.3) is 5.56 Å². The number of hydrogen-bond donors (Lipinski definition) is 1. The molecule has 1 aliphatic rings. The SMILES string of the molecule is Cc1cc(C)n(CC(=O)N[C@H]2CCc3ccccc32)c(=O)c1S(=O)(=O)c1ccccc1. The van der Waals surface area contributed by atoms with Gasteiger partial charge in [-0.05, 0) is 61.6 Å². The van der Waals surface area contributed by atoms with E-state index >= 15 is 0 Å². The van der Waals surface area contributed by atoms with Gasteiger partial charge in [0.1, 0.15) is 11.4 Å². The largest absolute Gasteiger partial charge is 0.348 e. The first-order valence-electron chi connectivity index (χ1n) is 10.2. The number of nitrogens with zero attached hydrogens (tertiary/aromatic N) is 1. The Balaban J connectivity index is 1.65. The molecule has 0 spiro atoms. The predicted octanol–water partition coefficient (Wildman–Crippen LogP) is 3.10. The van der Waals surface area contributed by atoms with Crippen LogP contribution >= 0.6 is 0 Å². The van der Waals surface area contributed by atoms with Gasteiger partial charge >= 0.3 is 0 Å². The van der Waals surface area contributed by atoms with Gasteiger partial charge in [0.15, 0.2) is 0 Å². The van der Waals surface area contributed by atoms with E-state index in [4.69, 9.17) is 0 Å². The maximum Gasteiger partial charge on any atom is 0.270 e. The molecule has 1 heterocycles. The van der Waals surface area contributed by atoms with Crippen LogP contribution in [0, 0.1) is 13.8 Å². The Morgan fingerprint density at radius 2 is 1.74 bits per heavy atom. The second kappa shape index (κ2) is 8.15. The zero-order valence-electron chi connectivity index (χ0n) is 17.5. The molecule has 160 valence electrons. The lowest BCUT2D eigenvalue weighted by Crippen LogP contribution is -2.36. The maximum absolute atomic E-state index is 13.2. The molecule has 3 aromatic rings. The monoisotopic (exact) mass is 436 g/mol. The highest BCUT2D eigenvalue weighted by atomic mass is 32.2. The van der Waals surface area contributed by atoms with E-state index in [0.29, 0.717) is 11.3 Å². The number of aryl methyl sites for hydroxylation is 3. The van der Waals surface area contributed by atoms with E-state index in [1.165, 1.54) is 22.3 Å². The van der Waals surface area contributed by atoms with Crippen LogP contribution in [0.15, 0.2) is 75.2 Å². The number of carbonyl (C=O) groups is 1. The summed E-state index contributed by atoms with van der Waals surface area (Å²) in [6.45, 7) is 3.07. The molecule has 0 bridgehead atoms. The highest BCUT2D eigenvalue weighted by Crippen LogP contribution is 2.30. The third kappa shape index (κ3) is 3.93. The molecule has 1 atom stereocenters. The van der Waals surface area contributed by atoms with Crippen molar-refractivity contribution in [3.8, 4) is 0 Å². The first-order valence-corrected chi connectivity index (χ1v) is 11.7. The second-order valence-electron chi connectivity index (χ2n) is 7.86. The maximum atomic E-state index is 13.2. The quantitative estimate of drug-likeness (QED) is 0.666. The molecule has 31 heavy (non-hydrogen) atoms. The van der Waals surface area contributed by atoms with Gasteiger partial charge in [-0.25, -0.2) is 8.42 Å². The first kappa shape index (κ1) is 21.1. The summed E-state index contributed by atoms with van der Waals surface area (Å²) in [6, 6.07) is 17.4. The smallest absolute Gasteiger partial charge is 0.270 e. The van der Waals surface area contributed by atoms with Gasteiger partial charge in [-0.3, -0.25) is 9.59 Å². The molecule has 1 aromatic heterocycles. The van der Waals surface area contributed by atoms with Crippen molar-refractivity contribution in [3.05, 3.63) is 93.4 Å². The average molecular weight is 437 g/mol.